The Bertz CT molecular complexity index is 1060. The highest BCUT2D eigenvalue weighted by molar-refractivity contribution is 5.93. The molecule has 1 aliphatic carbocycles. The number of halogens is 3. The standard InChI is InChI=1S/C22H24F3N5O/c1-2-3-18(31)29-9-8-21(13-29)10-16(11-21)30-20(27)17(12-26)19(28-30)14-4-6-15(7-5-14)22(23,24)25/h4-7,16H,8-13,26-27H2,1H3/t16-,21+. The molecule has 4 rings (SSSR count). The predicted octanol–water partition coefficient (Wildman–Crippen LogP) is 3.19. The van der Waals surface area contributed by atoms with Crippen molar-refractivity contribution in [3.05, 3.63) is 35.4 Å². The first kappa shape index (κ1) is 21.2. The van der Waals surface area contributed by atoms with Gasteiger partial charge in [0.1, 0.15) is 5.82 Å². The van der Waals surface area contributed by atoms with Crippen LogP contribution in [0.5, 0.6) is 0 Å². The Balaban J connectivity index is 1.53. The lowest BCUT2D eigenvalue weighted by Crippen LogP contribution is -2.42. The maximum Gasteiger partial charge on any atom is 0.416 e. The topological polar surface area (TPSA) is 90.2 Å². The number of aromatic nitrogens is 2. The van der Waals surface area contributed by atoms with Gasteiger partial charge < -0.3 is 16.4 Å². The van der Waals surface area contributed by atoms with Gasteiger partial charge in [-0.15, -0.1) is 0 Å². The van der Waals surface area contributed by atoms with Crippen molar-refractivity contribution >= 4 is 11.7 Å². The molecule has 4 N–H and O–H groups in total. The SMILES string of the molecule is CC#CC(=O)N1CC[C@]2(C1)C[C@@H](n1nc(-c3ccc(C(F)(F)F)cc3)c(CN)c1N)C2. The molecule has 1 aromatic heterocycles. The fourth-order valence-corrected chi connectivity index (χ4v) is 4.75. The minimum absolute atomic E-state index is 0.0472. The molecule has 1 aromatic carbocycles. The second-order valence-electron chi connectivity index (χ2n) is 8.35. The molecule has 1 spiro atoms. The average Bonchev–Trinajstić information content (AvgIpc) is 3.28. The third kappa shape index (κ3) is 3.76. The summed E-state index contributed by atoms with van der Waals surface area (Å²) in [4.78, 5) is 13.8. The Kier molecular flexibility index (Phi) is 5.21. The van der Waals surface area contributed by atoms with E-state index in [9.17, 15) is 18.0 Å². The van der Waals surface area contributed by atoms with Gasteiger partial charge in [-0.2, -0.15) is 18.3 Å². The second-order valence-corrected chi connectivity index (χ2v) is 8.35. The summed E-state index contributed by atoms with van der Waals surface area (Å²) >= 11 is 0. The van der Waals surface area contributed by atoms with E-state index in [1.807, 2.05) is 0 Å². The number of nitrogens with two attached hydrogens (primary N) is 2. The molecule has 31 heavy (non-hydrogen) atoms. The van der Waals surface area contributed by atoms with Crippen LogP contribution in [0.4, 0.5) is 19.0 Å². The molecule has 1 saturated heterocycles. The number of benzene rings is 1. The van der Waals surface area contributed by atoms with E-state index in [4.69, 9.17) is 11.5 Å². The van der Waals surface area contributed by atoms with Gasteiger partial charge in [0.05, 0.1) is 17.3 Å². The summed E-state index contributed by atoms with van der Waals surface area (Å²) in [5, 5.41) is 4.63. The number of hydrogen-bond acceptors (Lipinski definition) is 4. The van der Waals surface area contributed by atoms with Gasteiger partial charge in [-0.1, -0.05) is 18.1 Å². The third-order valence-electron chi connectivity index (χ3n) is 6.38. The smallest absolute Gasteiger partial charge is 0.384 e. The van der Waals surface area contributed by atoms with E-state index in [0.717, 1.165) is 31.4 Å². The van der Waals surface area contributed by atoms with Crippen LogP contribution in [0.15, 0.2) is 24.3 Å². The molecule has 0 bridgehead atoms. The van der Waals surface area contributed by atoms with Gasteiger partial charge in [-0.05, 0) is 49.7 Å². The van der Waals surface area contributed by atoms with Crippen LogP contribution in [-0.4, -0.2) is 33.7 Å². The van der Waals surface area contributed by atoms with Gasteiger partial charge in [0, 0.05) is 30.8 Å². The summed E-state index contributed by atoms with van der Waals surface area (Å²) in [6.45, 7) is 3.15. The van der Waals surface area contributed by atoms with E-state index in [-0.39, 0.29) is 23.9 Å². The van der Waals surface area contributed by atoms with Crippen molar-refractivity contribution in [3.8, 4) is 23.1 Å². The van der Waals surface area contributed by atoms with E-state index in [2.05, 4.69) is 16.9 Å². The zero-order chi connectivity index (χ0) is 22.4. The zero-order valence-electron chi connectivity index (χ0n) is 17.2. The van der Waals surface area contributed by atoms with Crippen molar-refractivity contribution < 1.29 is 18.0 Å². The van der Waals surface area contributed by atoms with Gasteiger partial charge in [-0.3, -0.25) is 4.79 Å². The number of likely N-dealkylation sites (tertiary alicyclic amines) is 1. The minimum atomic E-state index is -4.40. The second kappa shape index (κ2) is 7.61. The minimum Gasteiger partial charge on any atom is -0.384 e. The highest BCUT2D eigenvalue weighted by Gasteiger charge is 2.50. The van der Waals surface area contributed by atoms with E-state index >= 15 is 0 Å². The Hall–Kier alpha value is -2.99. The largest absolute Gasteiger partial charge is 0.416 e. The number of rotatable bonds is 3. The van der Waals surface area contributed by atoms with Gasteiger partial charge in [0.25, 0.3) is 5.91 Å². The molecule has 2 heterocycles. The van der Waals surface area contributed by atoms with E-state index in [1.54, 1.807) is 16.5 Å². The van der Waals surface area contributed by atoms with E-state index < -0.39 is 11.7 Å². The molecule has 2 aliphatic rings. The average molecular weight is 431 g/mol. The monoisotopic (exact) mass is 431 g/mol. The van der Waals surface area contributed by atoms with Crippen molar-refractivity contribution in [2.75, 3.05) is 18.8 Å². The number of nitrogens with zero attached hydrogens (tertiary/aromatic N) is 3. The Morgan fingerprint density at radius 3 is 2.55 bits per heavy atom. The molecule has 0 atom stereocenters. The van der Waals surface area contributed by atoms with Crippen molar-refractivity contribution in [2.45, 2.75) is 44.9 Å². The molecule has 1 amide bonds. The van der Waals surface area contributed by atoms with E-state index in [0.29, 0.717) is 35.7 Å². The Labute approximate surface area is 178 Å². The van der Waals surface area contributed by atoms with Crippen molar-refractivity contribution in [3.63, 3.8) is 0 Å². The first-order valence-electron chi connectivity index (χ1n) is 10.1. The first-order valence-corrected chi connectivity index (χ1v) is 10.1. The quantitative estimate of drug-likeness (QED) is 0.731. The number of carbonyl (C=O) groups is 1. The molecule has 6 nitrogen and oxygen atoms in total. The fraction of sp³-hybridized carbons (Fsp3) is 0.455. The number of amides is 1. The molecule has 2 fully saturated rings. The summed E-state index contributed by atoms with van der Waals surface area (Å²) in [6, 6.07) is 4.93. The Morgan fingerprint density at radius 1 is 1.29 bits per heavy atom. The number of anilines is 1. The number of hydrogen-bond donors (Lipinski definition) is 2. The van der Waals surface area contributed by atoms with Gasteiger partial charge >= 0.3 is 6.18 Å². The van der Waals surface area contributed by atoms with Gasteiger partial charge in [0.2, 0.25) is 0 Å². The summed E-state index contributed by atoms with van der Waals surface area (Å²) in [7, 11) is 0. The first-order chi connectivity index (χ1) is 14.7. The number of nitrogen functional groups attached to an aromatic ring is 1. The van der Waals surface area contributed by atoms with Crippen LogP contribution in [0.1, 0.15) is 43.4 Å². The van der Waals surface area contributed by atoms with Gasteiger partial charge in [0.15, 0.2) is 0 Å². The Morgan fingerprint density at radius 2 is 1.97 bits per heavy atom. The van der Waals surface area contributed by atoms with Crippen molar-refractivity contribution in [2.24, 2.45) is 11.1 Å². The van der Waals surface area contributed by atoms with Crippen LogP contribution in [0.3, 0.4) is 0 Å². The molecule has 1 aliphatic heterocycles. The zero-order valence-corrected chi connectivity index (χ0v) is 17.2. The lowest BCUT2D eigenvalue weighted by molar-refractivity contribution is -0.137. The molecule has 0 radical (unpaired) electrons. The van der Waals surface area contributed by atoms with Crippen molar-refractivity contribution in [1.82, 2.24) is 14.7 Å². The maximum atomic E-state index is 12.9. The van der Waals surface area contributed by atoms with Crippen LogP contribution in [0.25, 0.3) is 11.3 Å². The lowest BCUT2D eigenvalue weighted by Gasteiger charge is -2.45. The molecular formula is C22H24F3N5O. The molecule has 9 heteroatoms. The van der Waals surface area contributed by atoms with E-state index in [1.165, 1.54) is 12.1 Å². The van der Waals surface area contributed by atoms with Crippen LogP contribution < -0.4 is 11.5 Å². The maximum absolute atomic E-state index is 12.9. The molecular weight excluding hydrogens is 407 g/mol. The van der Waals surface area contributed by atoms with Crippen LogP contribution in [0, 0.1) is 17.3 Å². The van der Waals surface area contributed by atoms with Gasteiger partial charge in [-0.25, -0.2) is 4.68 Å². The molecule has 1 saturated carbocycles. The lowest BCUT2D eigenvalue weighted by atomic mass is 9.65. The predicted molar refractivity (Wildman–Crippen MR) is 110 cm³/mol. The normalized spacial score (nSPS) is 22.9. The number of carbonyl (C=O) groups excluding carboxylic acids is 1. The molecule has 164 valence electrons. The summed E-state index contributed by atoms with van der Waals surface area (Å²) in [6.07, 6.45) is -1.82. The molecule has 2 aromatic rings. The summed E-state index contributed by atoms with van der Waals surface area (Å²) < 4.78 is 40.4. The fourth-order valence-electron chi connectivity index (χ4n) is 4.75. The third-order valence-corrected chi connectivity index (χ3v) is 6.38. The van der Waals surface area contributed by atoms with Crippen LogP contribution >= 0.6 is 0 Å². The van der Waals surface area contributed by atoms with Crippen LogP contribution in [0.2, 0.25) is 0 Å². The highest BCUT2D eigenvalue weighted by atomic mass is 19.4. The van der Waals surface area contributed by atoms with Crippen LogP contribution in [-0.2, 0) is 17.5 Å². The summed E-state index contributed by atoms with van der Waals surface area (Å²) in [5.74, 6) is 5.54. The molecule has 0 unspecified atom stereocenters. The number of alkyl halides is 3. The highest BCUT2D eigenvalue weighted by Crippen LogP contribution is 2.54. The van der Waals surface area contributed by atoms with Crippen molar-refractivity contribution in [1.29, 1.82) is 0 Å². The summed E-state index contributed by atoms with van der Waals surface area (Å²) in [5.41, 5.74) is 13.2.